The number of hydrogen-bond acceptors (Lipinski definition) is 7. The number of aryl methyl sites for hydroxylation is 2. The first-order chi connectivity index (χ1) is 12.1. The molecular formula is C18H21N5O2. The van der Waals surface area contributed by atoms with Crippen molar-refractivity contribution in [1.82, 2.24) is 15.1 Å². The first-order valence-corrected chi connectivity index (χ1v) is 8.06. The predicted octanol–water partition coefficient (Wildman–Crippen LogP) is 3.49. The van der Waals surface area contributed by atoms with Gasteiger partial charge in [0.1, 0.15) is 29.0 Å². The molecule has 0 radical (unpaired) electrons. The fourth-order valence-electron chi connectivity index (χ4n) is 2.51. The molecule has 0 fully saturated rings. The number of nitrogens with one attached hydrogen (secondary N) is 2. The first kappa shape index (κ1) is 16.8. The monoisotopic (exact) mass is 339 g/mol. The largest absolute Gasteiger partial charge is 0.496 e. The van der Waals surface area contributed by atoms with Gasteiger partial charge in [0.05, 0.1) is 7.11 Å². The molecule has 2 heterocycles. The molecular weight excluding hydrogens is 318 g/mol. The van der Waals surface area contributed by atoms with Gasteiger partial charge in [0.15, 0.2) is 5.82 Å². The molecule has 130 valence electrons. The summed E-state index contributed by atoms with van der Waals surface area (Å²) in [6, 6.07) is 11.7. The van der Waals surface area contributed by atoms with E-state index in [-0.39, 0.29) is 0 Å². The van der Waals surface area contributed by atoms with Crippen LogP contribution >= 0.6 is 0 Å². The van der Waals surface area contributed by atoms with Crippen LogP contribution in [0.3, 0.4) is 0 Å². The highest BCUT2D eigenvalue weighted by Crippen LogP contribution is 2.19. The topological polar surface area (TPSA) is 85.1 Å². The van der Waals surface area contributed by atoms with Crippen LogP contribution in [0, 0.1) is 13.8 Å². The summed E-state index contributed by atoms with van der Waals surface area (Å²) in [6.07, 6.45) is 0.832. The van der Waals surface area contributed by atoms with Gasteiger partial charge in [0.2, 0.25) is 0 Å². The van der Waals surface area contributed by atoms with Crippen molar-refractivity contribution in [3.8, 4) is 5.75 Å². The fraction of sp³-hybridized carbons (Fsp3) is 0.278. The third kappa shape index (κ3) is 4.47. The van der Waals surface area contributed by atoms with Gasteiger partial charge >= 0.3 is 0 Å². The lowest BCUT2D eigenvalue weighted by molar-refractivity contribution is 0.400. The van der Waals surface area contributed by atoms with Crippen LogP contribution in [0.2, 0.25) is 0 Å². The van der Waals surface area contributed by atoms with Gasteiger partial charge < -0.3 is 19.9 Å². The van der Waals surface area contributed by atoms with E-state index >= 15 is 0 Å². The molecule has 0 aliphatic carbocycles. The number of benzene rings is 1. The maximum atomic E-state index is 5.38. The molecule has 0 bridgehead atoms. The number of anilines is 3. The number of aromatic nitrogens is 3. The van der Waals surface area contributed by atoms with E-state index in [9.17, 15) is 0 Å². The number of ether oxygens (including phenoxy) is 1. The summed E-state index contributed by atoms with van der Waals surface area (Å²) in [6.45, 7) is 4.43. The molecule has 0 saturated heterocycles. The van der Waals surface area contributed by atoms with E-state index in [0.717, 1.165) is 35.9 Å². The van der Waals surface area contributed by atoms with Crippen molar-refractivity contribution < 1.29 is 9.26 Å². The number of methoxy groups -OCH3 is 1. The molecule has 0 aliphatic rings. The molecule has 7 heteroatoms. The average molecular weight is 339 g/mol. The summed E-state index contributed by atoms with van der Waals surface area (Å²) in [5, 5.41) is 10.4. The molecule has 7 nitrogen and oxygen atoms in total. The maximum absolute atomic E-state index is 5.38. The molecule has 0 unspecified atom stereocenters. The standard InChI is InChI=1S/C18H21N5O2/c1-12-10-18(23-25-12)22-17-11-16(20-13(2)21-17)19-9-8-14-6-4-5-7-15(14)24-3/h4-7,10-11H,8-9H2,1-3H3,(H2,19,20,21,22,23). The van der Waals surface area contributed by atoms with Crippen LogP contribution in [0.4, 0.5) is 17.5 Å². The van der Waals surface area contributed by atoms with Crippen LogP contribution in [-0.2, 0) is 6.42 Å². The lowest BCUT2D eigenvalue weighted by atomic mass is 10.1. The summed E-state index contributed by atoms with van der Waals surface area (Å²) in [7, 11) is 1.68. The highest BCUT2D eigenvalue weighted by atomic mass is 16.5. The van der Waals surface area contributed by atoms with Gasteiger partial charge in [0, 0.05) is 18.7 Å². The minimum atomic E-state index is 0.621. The summed E-state index contributed by atoms with van der Waals surface area (Å²) in [4.78, 5) is 8.79. The minimum Gasteiger partial charge on any atom is -0.496 e. The molecule has 25 heavy (non-hydrogen) atoms. The van der Waals surface area contributed by atoms with Crippen molar-refractivity contribution in [3.63, 3.8) is 0 Å². The maximum Gasteiger partial charge on any atom is 0.175 e. The SMILES string of the molecule is COc1ccccc1CCNc1cc(Nc2cc(C)on2)nc(C)n1. The third-order valence-electron chi connectivity index (χ3n) is 3.62. The molecule has 3 aromatic rings. The van der Waals surface area contributed by atoms with Gasteiger partial charge in [-0.25, -0.2) is 9.97 Å². The minimum absolute atomic E-state index is 0.621. The zero-order valence-electron chi connectivity index (χ0n) is 14.5. The molecule has 0 atom stereocenters. The molecule has 2 aromatic heterocycles. The third-order valence-corrected chi connectivity index (χ3v) is 3.62. The van der Waals surface area contributed by atoms with Gasteiger partial charge in [-0.3, -0.25) is 0 Å². The molecule has 0 spiro atoms. The van der Waals surface area contributed by atoms with Crippen molar-refractivity contribution in [1.29, 1.82) is 0 Å². The molecule has 1 aromatic carbocycles. The second kappa shape index (κ2) is 7.65. The van der Waals surface area contributed by atoms with Crippen LogP contribution < -0.4 is 15.4 Å². The Balaban J connectivity index is 1.64. The Labute approximate surface area is 146 Å². The summed E-state index contributed by atoms with van der Waals surface area (Å²) >= 11 is 0. The van der Waals surface area contributed by atoms with Crippen molar-refractivity contribution >= 4 is 17.5 Å². The first-order valence-electron chi connectivity index (χ1n) is 8.06. The Morgan fingerprint density at radius 2 is 1.84 bits per heavy atom. The zero-order chi connectivity index (χ0) is 17.6. The molecule has 0 amide bonds. The van der Waals surface area contributed by atoms with E-state index in [1.807, 2.05) is 44.2 Å². The van der Waals surface area contributed by atoms with E-state index in [2.05, 4.69) is 31.8 Å². The lowest BCUT2D eigenvalue weighted by Gasteiger charge is -2.11. The van der Waals surface area contributed by atoms with E-state index in [0.29, 0.717) is 17.5 Å². The molecule has 2 N–H and O–H groups in total. The number of hydrogen-bond donors (Lipinski definition) is 2. The Kier molecular flexibility index (Phi) is 5.13. The lowest BCUT2D eigenvalue weighted by Crippen LogP contribution is -2.09. The van der Waals surface area contributed by atoms with Crippen LogP contribution in [0.25, 0.3) is 0 Å². The summed E-state index contributed by atoms with van der Waals surface area (Å²) < 4.78 is 10.4. The van der Waals surface area contributed by atoms with E-state index in [1.54, 1.807) is 7.11 Å². The zero-order valence-corrected chi connectivity index (χ0v) is 14.5. The van der Waals surface area contributed by atoms with E-state index < -0.39 is 0 Å². The van der Waals surface area contributed by atoms with Crippen molar-refractivity contribution in [3.05, 3.63) is 53.5 Å². The summed E-state index contributed by atoms with van der Waals surface area (Å²) in [5.74, 6) is 4.35. The van der Waals surface area contributed by atoms with Crippen LogP contribution in [-0.4, -0.2) is 28.8 Å². The van der Waals surface area contributed by atoms with Gasteiger partial charge in [0.25, 0.3) is 0 Å². The van der Waals surface area contributed by atoms with Crippen molar-refractivity contribution in [2.45, 2.75) is 20.3 Å². The Hall–Kier alpha value is -3.09. The summed E-state index contributed by atoms with van der Waals surface area (Å²) in [5.41, 5.74) is 1.15. The van der Waals surface area contributed by atoms with Gasteiger partial charge in [-0.15, -0.1) is 0 Å². The molecule has 0 saturated carbocycles. The normalized spacial score (nSPS) is 10.5. The quantitative estimate of drug-likeness (QED) is 0.681. The predicted molar refractivity (Wildman–Crippen MR) is 96.5 cm³/mol. The Morgan fingerprint density at radius 3 is 2.60 bits per heavy atom. The highest BCUT2D eigenvalue weighted by Gasteiger charge is 2.06. The Morgan fingerprint density at radius 1 is 1.04 bits per heavy atom. The number of rotatable bonds is 7. The number of nitrogens with zero attached hydrogens (tertiary/aromatic N) is 3. The van der Waals surface area contributed by atoms with E-state index in [1.165, 1.54) is 0 Å². The fourth-order valence-corrected chi connectivity index (χ4v) is 2.51. The van der Waals surface area contributed by atoms with Crippen molar-refractivity contribution in [2.75, 3.05) is 24.3 Å². The smallest absolute Gasteiger partial charge is 0.175 e. The highest BCUT2D eigenvalue weighted by molar-refractivity contribution is 5.56. The van der Waals surface area contributed by atoms with Crippen molar-refractivity contribution in [2.24, 2.45) is 0 Å². The van der Waals surface area contributed by atoms with Gasteiger partial charge in [-0.1, -0.05) is 23.4 Å². The Bertz CT molecular complexity index is 847. The number of para-hydroxylation sites is 1. The molecule has 0 aliphatic heterocycles. The van der Waals surface area contributed by atoms with Gasteiger partial charge in [-0.05, 0) is 31.9 Å². The average Bonchev–Trinajstić information content (AvgIpc) is 2.99. The second-order valence-electron chi connectivity index (χ2n) is 5.62. The van der Waals surface area contributed by atoms with Crippen LogP contribution in [0.5, 0.6) is 5.75 Å². The van der Waals surface area contributed by atoms with Crippen LogP contribution in [0.15, 0.2) is 40.9 Å². The molecule has 3 rings (SSSR count). The van der Waals surface area contributed by atoms with Crippen LogP contribution in [0.1, 0.15) is 17.1 Å². The second-order valence-corrected chi connectivity index (χ2v) is 5.62. The van der Waals surface area contributed by atoms with Gasteiger partial charge in [-0.2, -0.15) is 0 Å². The van der Waals surface area contributed by atoms with E-state index in [4.69, 9.17) is 9.26 Å².